The van der Waals surface area contributed by atoms with Crippen molar-refractivity contribution in [2.24, 2.45) is 5.41 Å². The molecule has 0 bridgehead atoms. The van der Waals surface area contributed by atoms with Gasteiger partial charge in [0.15, 0.2) is 0 Å². The van der Waals surface area contributed by atoms with Crippen LogP contribution in [0.4, 0.5) is 0 Å². The highest BCUT2D eigenvalue weighted by molar-refractivity contribution is 5.31. The number of aromatic hydroxyl groups is 1. The van der Waals surface area contributed by atoms with Crippen LogP contribution in [0.25, 0.3) is 0 Å². The zero-order chi connectivity index (χ0) is 12.2. The fraction of sp³-hybridized carbons (Fsp3) is 0.538. The molecule has 0 fully saturated rings. The average molecular weight is 223 g/mol. The minimum atomic E-state index is -0.000844. The molecule has 0 aliphatic heterocycles. The van der Waals surface area contributed by atoms with E-state index >= 15 is 0 Å². The molecule has 0 spiro atoms. The van der Waals surface area contributed by atoms with Gasteiger partial charge < -0.3 is 15.5 Å². The first-order valence-electron chi connectivity index (χ1n) is 5.56. The predicted octanol–water partition coefficient (Wildman–Crippen LogP) is 1.89. The largest absolute Gasteiger partial charge is 0.508 e. The molecule has 1 aromatic carbocycles. The van der Waals surface area contributed by atoms with E-state index in [9.17, 15) is 10.2 Å². The highest BCUT2D eigenvalue weighted by Crippen LogP contribution is 2.20. The van der Waals surface area contributed by atoms with Gasteiger partial charge in [0.1, 0.15) is 5.75 Å². The van der Waals surface area contributed by atoms with E-state index in [2.05, 4.69) is 26.1 Å². The maximum Gasteiger partial charge on any atom is 0.120 e. The van der Waals surface area contributed by atoms with Crippen LogP contribution in [0.2, 0.25) is 0 Å². The van der Waals surface area contributed by atoms with Gasteiger partial charge in [0, 0.05) is 18.2 Å². The summed E-state index contributed by atoms with van der Waals surface area (Å²) in [6.07, 6.45) is 0. The number of phenolic OH excluding ortho intramolecular Hbond substituents is 1. The molecule has 0 amide bonds. The molecule has 0 saturated carbocycles. The quantitative estimate of drug-likeness (QED) is 0.730. The third-order valence-electron chi connectivity index (χ3n) is 2.76. The second-order valence-electron chi connectivity index (χ2n) is 5.11. The van der Waals surface area contributed by atoms with Crippen LogP contribution in [0, 0.1) is 5.41 Å². The Kier molecular flexibility index (Phi) is 4.33. The molecule has 0 aliphatic carbocycles. The molecule has 3 nitrogen and oxygen atoms in total. The van der Waals surface area contributed by atoms with Crippen LogP contribution in [-0.4, -0.2) is 22.9 Å². The van der Waals surface area contributed by atoms with Gasteiger partial charge in [-0.3, -0.25) is 0 Å². The molecular formula is C13H21NO2. The van der Waals surface area contributed by atoms with E-state index in [1.54, 1.807) is 12.1 Å². The summed E-state index contributed by atoms with van der Waals surface area (Å²) in [5.74, 6) is 0.292. The molecule has 0 saturated heterocycles. The summed E-state index contributed by atoms with van der Waals surface area (Å²) in [6.45, 7) is 6.88. The van der Waals surface area contributed by atoms with E-state index in [0.29, 0.717) is 12.3 Å². The van der Waals surface area contributed by atoms with Crippen LogP contribution in [-0.2, 0) is 6.54 Å². The van der Waals surface area contributed by atoms with Gasteiger partial charge in [-0.15, -0.1) is 0 Å². The van der Waals surface area contributed by atoms with E-state index in [-0.39, 0.29) is 18.1 Å². The van der Waals surface area contributed by atoms with Gasteiger partial charge in [-0.05, 0) is 11.5 Å². The van der Waals surface area contributed by atoms with E-state index in [4.69, 9.17) is 0 Å². The Balaban J connectivity index is 2.60. The molecule has 1 aromatic rings. The highest BCUT2D eigenvalue weighted by atomic mass is 16.3. The van der Waals surface area contributed by atoms with Crippen molar-refractivity contribution in [3.8, 4) is 5.75 Å². The zero-order valence-electron chi connectivity index (χ0n) is 10.2. The van der Waals surface area contributed by atoms with Crippen molar-refractivity contribution in [1.82, 2.24) is 5.32 Å². The molecule has 0 heterocycles. The molecule has 0 aliphatic rings. The fourth-order valence-electron chi connectivity index (χ4n) is 1.54. The first-order chi connectivity index (χ1) is 7.45. The van der Waals surface area contributed by atoms with Gasteiger partial charge in [0.25, 0.3) is 0 Å². The minimum absolute atomic E-state index is 0.000844. The van der Waals surface area contributed by atoms with Crippen molar-refractivity contribution in [2.45, 2.75) is 33.4 Å². The predicted molar refractivity (Wildman–Crippen MR) is 65.3 cm³/mol. The topological polar surface area (TPSA) is 52.5 Å². The number of hydrogen-bond donors (Lipinski definition) is 3. The van der Waals surface area contributed by atoms with Crippen molar-refractivity contribution in [3.63, 3.8) is 0 Å². The van der Waals surface area contributed by atoms with Gasteiger partial charge in [-0.1, -0.05) is 39.0 Å². The number of benzene rings is 1. The molecule has 0 radical (unpaired) electrons. The Morgan fingerprint density at radius 3 is 2.38 bits per heavy atom. The number of aliphatic hydroxyl groups is 1. The van der Waals surface area contributed by atoms with Gasteiger partial charge in [-0.25, -0.2) is 0 Å². The summed E-state index contributed by atoms with van der Waals surface area (Å²) in [6, 6.07) is 7.25. The lowest BCUT2D eigenvalue weighted by molar-refractivity contribution is 0.157. The lowest BCUT2D eigenvalue weighted by Gasteiger charge is -2.30. The van der Waals surface area contributed by atoms with Crippen LogP contribution >= 0.6 is 0 Å². The summed E-state index contributed by atoms with van der Waals surface area (Å²) >= 11 is 0. The molecule has 1 atom stereocenters. The molecule has 3 heteroatoms. The monoisotopic (exact) mass is 223 g/mol. The van der Waals surface area contributed by atoms with Gasteiger partial charge >= 0.3 is 0 Å². The Morgan fingerprint density at radius 1 is 1.25 bits per heavy atom. The van der Waals surface area contributed by atoms with Crippen LogP contribution in [0.3, 0.4) is 0 Å². The number of hydrogen-bond acceptors (Lipinski definition) is 3. The van der Waals surface area contributed by atoms with Crippen molar-refractivity contribution >= 4 is 0 Å². The molecular weight excluding hydrogens is 202 g/mol. The molecule has 1 rings (SSSR count). The fourth-order valence-corrected chi connectivity index (χ4v) is 1.54. The van der Waals surface area contributed by atoms with Crippen LogP contribution in [0.1, 0.15) is 26.3 Å². The Hall–Kier alpha value is -1.06. The Bertz CT molecular complexity index is 331. The standard InChI is InChI=1S/C13H21NO2/c1-13(2,3)12(9-15)14-8-10-6-4-5-7-11(10)16/h4-7,12,14-16H,8-9H2,1-3H3/t12-/m1/s1. The highest BCUT2D eigenvalue weighted by Gasteiger charge is 2.23. The van der Waals surface area contributed by atoms with E-state index in [0.717, 1.165) is 5.56 Å². The molecule has 90 valence electrons. The van der Waals surface area contributed by atoms with Crippen molar-refractivity contribution in [3.05, 3.63) is 29.8 Å². The van der Waals surface area contributed by atoms with E-state index in [1.165, 1.54) is 0 Å². The maximum absolute atomic E-state index is 9.60. The second-order valence-corrected chi connectivity index (χ2v) is 5.11. The number of nitrogens with one attached hydrogen (secondary N) is 1. The van der Waals surface area contributed by atoms with Crippen LogP contribution < -0.4 is 5.32 Å². The van der Waals surface area contributed by atoms with Crippen molar-refractivity contribution < 1.29 is 10.2 Å². The summed E-state index contributed by atoms with van der Waals surface area (Å²) in [7, 11) is 0. The van der Waals surface area contributed by atoms with Crippen molar-refractivity contribution in [2.75, 3.05) is 6.61 Å². The second kappa shape index (κ2) is 5.32. The average Bonchev–Trinajstić information content (AvgIpc) is 2.19. The number of para-hydroxylation sites is 1. The van der Waals surface area contributed by atoms with Gasteiger partial charge in [-0.2, -0.15) is 0 Å². The normalized spacial score (nSPS) is 13.8. The lowest BCUT2D eigenvalue weighted by Crippen LogP contribution is -2.42. The summed E-state index contributed by atoms with van der Waals surface area (Å²) in [5, 5.41) is 22.1. The van der Waals surface area contributed by atoms with E-state index < -0.39 is 0 Å². The number of aliphatic hydroxyl groups excluding tert-OH is 1. The summed E-state index contributed by atoms with van der Waals surface area (Å²) < 4.78 is 0. The van der Waals surface area contributed by atoms with Gasteiger partial charge in [0.2, 0.25) is 0 Å². The third-order valence-corrected chi connectivity index (χ3v) is 2.76. The maximum atomic E-state index is 9.60. The first-order valence-corrected chi connectivity index (χ1v) is 5.56. The Labute approximate surface area is 97.1 Å². The molecule has 0 unspecified atom stereocenters. The molecule has 3 N–H and O–H groups in total. The summed E-state index contributed by atoms with van der Waals surface area (Å²) in [5.41, 5.74) is 0.851. The lowest BCUT2D eigenvalue weighted by atomic mass is 9.87. The van der Waals surface area contributed by atoms with Crippen LogP contribution in [0.5, 0.6) is 5.75 Å². The SMILES string of the molecule is CC(C)(C)[C@@H](CO)NCc1ccccc1O. The first kappa shape index (κ1) is 13.0. The van der Waals surface area contributed by atoms with Crippen LogP contribution in [0.15, 0.2) is 24.3 Å². The smallest absolute Gasteiger partial charge is 0.120 e. The minimum Gasteiger partial charge on any atom is -0.508 e. The van der Waals surface area contributed by atoms with E-state index in [1.807, 2.05) is 12.1 Å². The molecule has 0 aromatic heterocycles. The summed E-state index contributed by atoms with van der Waals surface area (Å²) in [4.78, 5) is 0. The number of rotatable bonds is 4. The Morgan fingerprint density at radius 2 is 1.88 bits per heavy atom. The van der Waals surface area contributed by atoms with Gasteiger partial charge in [0.05, 0.1) is 6.61 Å². The van der Waals surface area contributed by atoms with Crippen molar-refractivity contribution in [1.29, 1.82) is 0 Å². The number of phenols is 1. The zero-order valence-corrected chi connectivity index (χ0v) is 10.2. The molecule has 16 heavy (non-hydrogen) atoms. The third kappa shape index (κ3) is 3.51.